The van der Waals surface area contributed by atoms with E-state index in [1.807, 2.05) is 12.1 Å². The van der Waals surface area contributed by atoms with Crippen molar-refractivity contribution in [2.75, 3.05) is 25.5 Å². The van der Waals surface area contributed by atoms with Crippen LogP contribution in [-0.4, -0.2) is 30.9 Å². The lowest BCUT2D eigenvalue weighted by Gasteiger charge is -2.13. The number of anilines is 1. The predicted molar refractivity (Wildman–Crippen MR) is 87.9 cm³/mol. The number of benzene rings is 1. The maximum atomic E-state index is 11.6. The van der Waals surface area contributed by atoms with Crippen LogP contribution in [-0.2, 0) is 17.9 Å². The van der Waals surface area contributed by atoms with E-state index >= 15 is 0 Å². The van der Waals surface area contributed by atoms with Gasteiger partial charge in [0.2, 0.25) is 5.91 Å². The van der Waals surface area contributed by atoms with Crippen LogP contribution in [0, 0.1) is 0 Å². The van der Waals surface area contributed by atoms with E-state index in [0.717, 1.165) is 31.7 Å². The highest BCUT2D eigenvalue weighted by Gasteiger charge is 2.21. The number of likely N-dealkylation sites (N-methyl/N-ethyl adjacent to an activating group) is 1. The minimum Gasteiger partial charge on any atom is -0.325 e. The Balaban J connectivity index is 0.00000180. The first-order valence-electron chi connectivity index (χ1n) is 6.52. The molecule has 0 saturated carbocycles. The topological polar surface area (TPSA) is 44.4 Å². The summed E-state index contributed by atoms with van der Waals surface area (Å²) in [5.41, 5.74) is 3.58. The lowest BCUT2D eigenvalue weighted by Crippen LogP contribution is -2.25. The molecule has 2 rings (SSSR count). The summed E-state index contributed by atoms with van der Waals surface area (Å²) >= 11 is 0. The highest BCUT2D eigenvalue weighted by molar-refractivity contribution is 5.93. The minimum atomic E-state index is 0. The molecular formula is C14H23Cl2N3O. The Morgan fingerprint density at radius 1 is 1.30 bits per heavy atom. The van der Waals surface area contributed by atoms with E-state index in [1.165, 1.54) is 11.1 Å². The summed E-state index contributed by atoms with van der Waals surface area (Å²) in [5.74, 6) is 0.0137. The largest absolute Gasteiger partial charge is 0.325 e. The standard InChI is InChI=1S/C14H21N3O.2ClH/c1-3-7-17-9-11-5-4-6-13(12(11)10-17)16-14(18)8-15-2;;/h4-6,15H,3,7-10H2,1-2H3,(H,16,18);2*1H. The van der Waals surface area contributed by atoms with E-state index in [9.17, 15) is 4.79 Å². The van der Waals surface area contributed by atoms with E-state index in [1.54, 1.807) is 7.05 Å². The molecule has 1 aliphatic heterocycles. The Bertz CT molecular complexity index is 440. The third kappa shape index (κ3) is 4.63. The van der Waals surface area contributed by atoms with Gasteiger partial charge in [0.05, 0.1) is 6.54 Å². The molecule has 0 spiro atoms. The van der Waals surface area contributed by atoms with Gasteiger partial charge in [-0.25, -0.2) is 0 Å². The zero-order chi connectivity index (χ0) is 13.0. The van der Waals surface area contributed by atoms with Crippen LogP contribution >= 0.6 is 24.8 Å². The number of fused-ring (bicyclic) bond motifs is 1. The number of hydrogen-bond acceptors (Lipinski definition) is 3. The summed E-state index contributed by atoms with van der Waals surface area (Å²) in [7, 11) is 1.78. The van der Waals surface area contributed by atoms with E-state index in [-0.39, 0.29) is 30.7 Å². The normalized spacial score (nSPS) is 13.1. The van der Waals surface area contributed by atoms with Crippen LogP contribution in [0.15, 0.2) is 18.2 Å². The van der Waals surface area contributed by atoms with Gasteiger partial charge >= 0.3 is 0 Å². The second-order valence-corrected chi connectivity index (χ2v) is 4.73. The average molecular weight is 320 g/mol. The van der Waals surface area contributed by atoms with Crippen LogP contribution in [0.1, 0.15) is 24.5 Å². The molecule has 4 nitrogen and oxygen atoms in total. The molecule has 114 valence electrons. The summed E-state index contributed by atoms with van der Waals surface area (Å²) in [4.78, 5) is 14.0. The minimum absolute atomic E-state index is 0. The zero-order valence-corrected chi connectivity index (χ0v) is 13.6. The number of carbonyl (C=O) groups excluding carboxylic acids is 1. The second kappa shape index (κ2) is 9.19. The SMILES string of the molecule is CCCN1Cc2cccc(NC(=O)CNC)c2C1.Cl.Cl. The average Bonchev–Trinajstić information content (AvgIpc) is 2.73. The van der Waals surface area contributed by atoms with Gasteiger partial charge in [0, 0.05) is 18.8 Å². The summed E-state index contributed by atoms with van der Waals surface area (Å²) in [6.45, 7) is 5.59. The molecule has 1 amide bonds. The monoisotopic (exact) mass is 319 g/mol. The van der Waals surface area contributed by atoms with Gasteiger partial charge in [0.15, 0.2) is 0 Å². The van der Waals surface area contributed by atoms with Gasteiger partial charge < -0.3 is 10.6 Å². The van der Waals surface area contributed by atoms with Crippen molar-refractivity contribution in [3.8, 4) is 0 Å². The van der Waals surface area contributed by atoms with E-state index in [0.29, 0.717) is 6.54 Å². The maximum Gasteiger partial charge on any atom is 0.238 e. The Morgan fingerprint density at radius 2 is 2.05 bits per heavy atom. The number of halogens is 2. The van der Waals surface area contributed by atoms with E-state index < -0.39 is 0 Å². The third-order valence-corrected chi connectivity index (χ3v) is 3.20. The number of amides is 1. The Hall–Kier alpha value is -0.810. The van der Waals surface area contributed by atoms with Crippen molar-refractivity contribution in [3.63, 3.8) is 0 Å². The van der Waals surface area contributed by atoms with Crippen LogP contribution in [0.4, 0.5) is 5.69 Å². The van der Waals surface area contributed by atoms with Gasteiger partial charge in [0.1, 0.15) is 0 Å². The van der Waals surface area contributed by atoms with Crippen LogP contribution in [0.25, 0.3) is 0 Å². The third-order valence-electron chi connectivity index (χ3n) is 3.20. The number of hydrogen-bond donors (Lipinski definition) is 2. The molecule has 0 aromatic heterocycles. The molecule has 1 aromatic carbocycles. The van der Waals surface area contributed by atoms with Gasteiger partial charge in [-0.3, -0.25) is 9.69 Å². The fraction of sp³-hybridized carbons (Fsp3) is 0.500. The van der Waals surface area contributed by atoms with E-state index in [2.05, 4.69) is 28.5 Å². The Kier molecular flexibility index (Phi) is 8.81. The number of nitrogens with zero attached hydrogens (tertiary/aromatic N) is 1. The molecule has 1 heterocycles. The highest BCUT2D eigenvalue weighted by Crippen LogP contribution is 2.29. The molecule has 6 heteroatoms. The molecule has 0 bridgehead atoms. The molecule has 0 aliphatic carbocycles. The Morgan fingerprint density at radius 3 is 2.70 bits per heavy atom. The van der Waals surface area contributed by atoms with Crippen molar-refractivity contribution < 1.29 is 4.79 Å². The van der Waals surface area contributed by atoms with Crippen LogP contribution in [0.2, 0.25) is 0 Å². The first kappa shape index (κ1) is 19.2. The first-order chi connectivity index (χ1) is 8.74. The highest BCUT2D eigenvalue weighted by atomic mass is 35.5. The van der Waals surface area contributed by atoms with Crippen LogP contribution in [0.5, 0.6) is 0 Å². The molecular weight excluding hydrogens is 297 g/mol. The van der Waals surface area contributed by atoms with E-state index in [4.69, 9.17) is 0 Å². The number of carbonyl (C=O) groups is 1. The Labute approximate surface area is 133 Å². The summed E-state index contributed by atoms with van der Waals surface area (Å²) in [6, 6.07) is 6.16. The smallest absolute Gasteiger partial charge is 0.238 e. The fourth-order valence-corrected chi connectivity index (χ4v) is 2.44. The van der Waals surface area contributed by atoms with Gasteiger partial charge in [0.25, 0.3) is 0 Å². The van der Waals surface area contributed by atoms with Crippen LogP contribution < -0.4 is 10.6 Å². The fourth-order valence-electron chi connectivity index (χ4n) is 2.44. The van der Waals surface area contributed by atoms with Crippen molar-refractivity contribution >= 4 is 36.4 Å². The summed E-state index contributed by atoms with van der Waals surface area (Å²) in [6.07, 6.45) is 1.16. The van der Waals surface area contributed by atoms with Gasteiger partial charge in [-0.15, -0.1) is 24.8 Å². The molecule has 0 saturated heterocycles. The van der Waals surface area contributed by atoms with Crippen molar-refractivity contribution in [2.45, 2.75) is 26.4 Å². The maximum absolute atomic E-state index is 11.6. The zero-order valence-electron chi connectivity index (χ0n) is 11.9. The van der Waals surface area contributed by atoms with Crippen LogP contribution in [0.3, 0.4) is 0 Å². The number of nitrogens with one attached hydrogen (secondary N) is 2. The van der Waals surface area contributed by atoms with Gasteiger partial charge in [-0.2, -0.15) is 0 Å². The van der Waals surface area contributed by atoms with Gasteiger partial charge in [-0.05, 0) is 37.2 Å². The predicted octanol–water partition coefficient (Wildman–Crippen LogP) is 2.41. The lowest BCUT2D eigenvalue weighted by atomic mass is 10.1. The van der Waals surface area contributed by atoms with Crippen molar-refractivity contribution in [1.29, 1.82) is 0 Å². The lowest BCUT2D eigenvalue weighted by molar-refractivity contribution is -0.115. The molecule has 1 aliphatic rings. The molecule has 2 N–H and O–H groups in total. The van der Waals surface area contributed by atoms with Crippen molar-refractivity contribution in [3.05, 3.63) is 29.3 Å². The second-order valence-electron chi connectivity index (χ2n) is 4.73. The molecule has 0 fully saturated rings. The van der Waals surface area contributed by atoms with Crippen molar-refractivity contribution in [1.82, 2.24) is 10.2 Å². The molecule has 20 heavy (non-hydrogen) atoms. The molecule has 0 unspecified atom stereocenters. The number of rotatable bonds is 5. The quantitative estimate of drug-likeness (QED) is 0.876. The summed E-state index contributed by atoms with van der Waals surface area (Å²) < 4.78 is 0. The molecule has 1 aromatic rings. The van der Waals surface area contributed by atoms with Crippen molar-refractivity contribution in [2.24, 2.45) is 0 Å². The summed E-state index contributed by atoms with van der Waals surface area (Å²) in [5, 5.41) is 5.84. The molecule has 0 radical (unpaired) electrons. The first-order valence-corrected chi connectivity index (χ1v) is 6.52. The molecule has 0 atom stereocenters. The van der Waals surface area contributed by atoms with Gasteiger partial charge in [-0.1, -0.05) is 19.1 Å².